The monoisotopic (exact) mass is 233 g/mol. The number of benzene rings is 1. The molecule has 96 valence electrons. The van der Waals surface area contributed by atoms with Crippen LogP contribution in [0.3, 0.4) is 0 Å². The largest absolute Gasteiger partial charge is 0.310 e. The van der Waals surface area contributed by atoms with Crippen molar-refractivity contribution in [3.05, 3.63) is 35.4 Å². The summed E-state index contributed by atoms with van der Waals surface area (Å²) in [7, 11) is 0. The highest BCUT2D eigenvalue weighted by Crippen LogP contribution is 2.40. The highest BCUT2D eigenvalue weighted by atomic mass is 14.9. The van der Waals surface area contributed by atoms with E-state index in [9.17, 15) is 0 Å². The molecule has 1 fully saturated rings. The fraction of sp³-hybridized carbons (Fsp3) is 0.625. The van der Waals surface area contributed by atoms with Gasteiger partial charge in [0.2, 0.25) is 0 Å². The van der Waals surface area contributed by atoms with Crippen molar-refractivity contribution in [1.82, 2.24) is 5.32 Å². The van der Waals surface area contributed by atoms with Gasteiger partial charge < -0.3 is 5.32 Å². The minimum Gasteiger partial charge on any atom is -0.310 e. The van der Waals surface area contributed by atoms with Crippen LogP contribution in [0.15, 0.2) is 24.3 Å². The van der Waals surface area contributed by atoms with Crippen LogP contribution in [0, 0.1) is 5.92 Å². The minimum absolute atomic E-state index is 0.671. The topological polar surface area (TPSA) is 12.0 Å². The lowest BCUT2D eigenvalue weighted by atomic mass is 9.92. The van der Waals surface area contributed by atoms with Crippen molar-refractivity contribution in [2.24, 2.45) is 5.92 Å². The van der Waals surface area contributed by atoms with Gasteiger partial charge in [-0.1, -0.05) is 52.0 Å². The fourth-order valence-corrected chi connectivity index (χ4v) is 2.84. The summed E-state index contributed by atoms with van der Waals surface area (Å²) in [5, 5.41) is 3.64. The van der Waals surface area contributed by atoms with Crippen molar-refractivity contribution in [3.63, 3.8) is 0 Å². The van der Waals surface area contributed by atoms with Gasteiger partial charge in [-0.25, -0.2) is 0 Å². The maximum Gasteiger partial charge on any atom is 0.0354 e. The Morgan fingerprint density at radius 2 is 1.76 bits per heavy atom. The van der Waals surface area contributed by atoms with E-state index in [4.69, 9.17) is 0 Å². The minimum atomic E-state index is 0.671. The number of rotatable bonds is 0. The van der Waals surface area contributed by atoms with Gasteiger partial charge in [0.25, 0.3) is 0 Å². The molecular weight excluding hydrogens is 206 g/mol. The van der Waals surface area contributed by atoms with Gasteiger partial charge in [0.15, 0.2) is 0 Å². The number of hydrogen-bond donors (Lipinski definition) is 1. The van der Waals surface area contributed by atoms with E-state index in [1.54, 1.807) is 11.1 Å². The van der Waals surface area contributed by atoms with E-state index in [-0.39, 0.29) is 0 Å². The summed E-state index contributed by atoms with van der Waals surface area (Å²) in [6.45, 7) is 9.20. The second kappa shape index (κ2) is 7.50. The first-order valence-electron chi connectivity index (χ1n) is 7.26. The Morgan fingerprint density at radius 3 is 2.53 bits per heavy atom. The van der Waals surface area contributed by atoms with E-state index >= 15 is 0 Å². The first kappa shape index (κ1) is 14.2. The zero-order valence-corrected chi connectivity index (χ0v) is 11.8. The van der Waals surface area contributed by atoms with Crippen molar-refractivity contribution >= 4 is 0 Å². The highest BCUT2D eigenvalue weighted by Gasteiger charge is 2.33. The Kier molecular flexibility index (Phi) is 6.28. The third-order valence-electron chi connectivity index (χ3n) is 3.46. The lowest BCUT2D eigenvalue weighted by Crippen LogP contribution is -2.31. The molecule has 3 rings (SSSR count). The third kappa shape index (κ3) is 3.10. The van der Waals surface area contributed by atoms with E-state index < -0.39 is 0 Å². The van der Waals surface area contributed by atoms with Gasteiger partial charge in [-0.3, -0.25) is 0 Å². The molecular formula is C16H27N. The summed E-state index contributed by atoms with van der Waals surface area (Å²) in [5.74, 6) is 0.881. The number of nitrogens with one attached hydrogen (secondary N) is 1. The van der Waals surface area contributed by atoms with Crippen LogP contribution < -0.4 is 5.32 Å². The summed E-state index contributed by atoms with van der Waals surface area (Å²) in [5.41, 5.74) is 3.14. The van der Waals surface area contributed by atoms with Gasteiger partial charge in [-0.15, -0.1) is 0 Å². The molecule has 2 aliphatic rings. The standard InChI is InChI=1S/C12H15N.2C2H6/c1-2-6-11-9(4-1)8-10-5-3-7-13-12(10)11;2*1-2/h1-2,4,6,10,12-13H,3,5,7-8H2;2*1-2H3. The second-order valence-electron chi connectivity index (χ2n) is 4.24. The summed E-state index contributed by atoms with van der Waals surface area (Å²) in [6.07, 6.45) is 4.06. The molecule has 1 heteroatoms. The Hall–Kier alpha value is -0.820. The third-order valence-corrected chi connectivity index (χ3v) is 3.46. The lowest BCUT2D eigenvalue weighted by Gasteiger charge is -2.27. The summed E-state index contributed by atoms with van der Waals surface area (Å²) >= 11 is 0. The van der Waals surface area contributed by atoms with E-state index in [1.165, 1.54) is 25.8 Å². The summed E-state index contributed by atoms with van der Waals surface area (Å²) < 4.78 is 0. The Bertz CT molecular complexity index is 319. The molecule has 0 aromatic heterocycles. The van der Waals surface area contributed by atoms with Crippen LogP contribution in [0.4, 0.5) is 0 Å². The normalized spacial score (nSPS) is 24.5. The zero-order chi connectivity index (χ0) is 12.7. The van der Waals surface area contributed by atoms with Crippen LogP contribution in [-0.2, 0) is 6.42 Å². The van der Waals surface area contributed by atoms with Crippen LogP contribution >= 0.6 is 0 Å². The molecule has 1 heterocycles. The van der Waals surface area contributed by atoms with Gasteiger partial charge in [-0.05, 0) is 42.9 Å². The smallest absolute Gasteiger partial charge is 0.0354 e. The molecule has 2 unspecified atom stereocenters. The first-order chi connectivity index (χ1) is 8.45. The average Bonchev–Trinajstić information content (AvgIpc) is 2.82. The maximum atomic E-state index is 3.64. The Morgan fingerprint density at radius 1 is 1.06 bits per heavy atom. The quantitative estimate of drug-likeness (QED) is 0.703. The molecule has 0 spiro atoms. The van der Waals surface area contributed by atoms with Crippen molar-refractivity contribution in [1.29, 1.82) is 0 Å². The molecule has 1 saturated heterocycles. The van der Waals surface area contributed by atoms with Gasteiger partial charge in [-0.2, -0.15) is 0 Å². The predicted octanol–water partition coefficient (Wildman–Crippen LogP) is 4.34. The fourth-order valence-electron chi connectivity index (χ4n) is 2.84. The number of fused-ring (bicyclic) bond motifs is 3. The van der Waals surface area contributed by atoms with E-state index in [0.717, 1.165) is 5.92 Å². The zero-order valence-electron chi connectivity index (χ0n) is 11.8. The molecule has 0 amide bonds. The maximum absolute atomic E-state index is 3.64. The highest BCUT2D eigenvalue weighted by molar-refractivity contribution is 5.36. The summed E-state index contributed by atoms with van der Waals surface area (Å²) in [4.78, 5) is 0. The van der Waals surface area contributed by atoms with Crippen LogP contribution in [0.25, 0.3) is 0 Å². The molecule has 0 radical (unpaired) electrons. The van der Waals surface area contributed by atoms with Crippen LogP contribution in [0.2, 0.25) is 0 Å². The van der Waals surface area contributed by atoms with Gasteiger partial charge in [0.05, 0.1) is 0 Å². The number of piperidine rings is 1. The Balaban J connectivity index is 0.000000330. The van der Waals surface area contributed by atoms with Gasteiger partial charge >= 0.3 is 0 Å². The van der Waals surface area contributed by atoms with Crippen molar-refractivity contribution < 1.29 is 0 Å². The second-order valence-corrected chi connectivity index (χ2v) is 4.24. The SMILES string of the molecule is CC.CC.c1ccc2c(c1)CC1CCCNC21. The Labute approximate surface area is 107 Å². The van der Waals surface area contributed by atoms with Crippen LogP contribution in [0.5, 0.6) is 0 Å². The van der Waals surface area contributed by atoms with Crippen molar-refractivity contribution in [2.45, 2.75) is 53.0 Å². The van der Waals surface area contributed by atoms with E-state index in [2.05, 4.69) is 29.6 Å². The average molecular weight is 233 g/mol. The lowest BCUT2D eigenvalue weighted by molar-refractivity contribution is 0.307. The molecule has 1 aliphatic heterocycles. The molecule has 0 saturated carbocycles. The van der Waals surface area contributed by atoms with Gasteiger partial charge in [0.1, 0.15) is 0 Å². The molecule has 1 aromatic rings. The molecule has 1 nitrogen and oxygen atoms in total. The molecule has 0 bridgehead atoms. The van der Waals surface area contributed by atoms with Crippen LogP contribution in [0.1, 0.15) is 57.7 Å². The molecule has 1 aromatic carbocycles. The predicted molar refractivity (Wildman–Crippen MR) is 76.3 cm³/mol. The molecule has 1 aliphatic carbocycles. The van der Waals surface area contributed by atoms with E-state index in [1.807, 2.05) is 27.7 Å². The number of hydrogen-bond acceptors (Lipinski definition) is 1. The van der Waals surface area contributed by atoms with Crippen molar-refractivity contribution in [2.75, 3.05) is 6.54 Å². The first-order valence-corrected chi connectivity index (χ1v) is 7.26. The van der Waals surface area contributed by atoms with Crippen molar-refractivity contribution in [3.8, 4) is 0 Å². The van der Waals surface area contributed by atoms with Gasteiger partial charge in [0, 0.05) is 6.04 Å². The van der Waals surface area contributed by atoms with Crippen LogP contribution in [-0.4, -0.2) is 6.54 Å². The molecule has 17 heavy (non-hydrogen) atoms. The summed E-state index contributed by atoms with van der Waals surface area (Å²) in [6, 6.07) is 9.58. The molecule has 2 atom stereocenters. The molecule has 1 N–H and O–H groups in total. The van der Waals surface area contributed by atoms with E-state index in [0.29, 0.717) is 6.04 Å².